The van der Waals surface area contributed by atoms with E-state index >= 15 is 0 Å². The Morgan fingerprint density at radius 2 is 1.96 bits per heavy atom. The second-order valence-corrected chi connectivity index (χ2v) is 6.38. The van der Waals surface area contributed by atoms with Gasteiger partial charge in [0.2, 0.25) is 5.82 Å². The zero-order valence-corrected chi connectivity index (χ0v) is 14.1. The summed E-state index contributed by atoms with van der Waals surface area (Å²) in [6.45, 7) is 6.60. The fourth-order valence-corrected chi connectivity index (χ4v) is 3.31. The van der Waals surface area contributed by atoms with Gasteiger partial charge in [0.25, 0.3) is 11.7 Å². The standard InChI is InChI=1S/C18H19N5O/c1-11-6-7-15-14(9-11)5-4-8-22(15)17(24)16-20-18-19-12(2)10-13(3)23(18)21-16/h6-7,9-10H,4-5,8H2,1-3H3. The van der Waals surface area contributed by atoms with E-state index < -0.39 is 0 Å². The molecule has 1 aliphatic rings. The Hall–Kier alpha value is -2.76. The van der Waals surface area contributed by atoms with Crippen LogP contribution in [0.2, 0.25) is 0 Å². The molecular formula is C18H19N5O. The number of carbonyl (C=O) groups is 1. The first kappa shape index (κ1) is 14.8. The Labute approximate surface area is 140 Å². The Morgan fingerprint density at radius 1 is 1.12 bits per heavy atom. The van der Waals surface area contributed by atoms with Gasteiger partial charge < -0.3 is 4.90 Å². The van der Waals surface area contributed by atoms with Gasteiger partial charge in [-0.2, -0.15) is 4.98 Å². The van der Waals surface area contributed by atoms with Crippen LogP contribution < -0.4 is 4.90 Å². The van der Waals surface area contributed by atoms with Crippen LogP contribution in [0.5, 0.6) is 0 Å². The number of anilines is 1. The lowest BCUT2D eigenvalue weighted by molar-refractivity contribution is 0.0975. The SMILES string of the molecule is Cc1ccc2c(c1)CCCN2C(=O)c1nc2nc(C)cc(C)n2n1. The Balaban J connectivity index is 1.76. The van der Waals surface area contributed by atoms with Crippen LogP contribution in [0.4, 0.5) is 5.69 Å². The Morgan fingerprint density at radius 3 is 2.79 bits per heavy atom. The number of hydrogen-bond acceptors (Lipinski definition) is 4. The molecule has 3 heterocycles. The molecule has 3 aromatic rings. The summed E-state index contributed by atoms with van der Waals surface area (Å²) in [6, 6.07) is 8.14. The molecule has 24 heavy (non-hydrogen) atoms. The molecule has 1 amide bonds. The lowest BCUT2D eigenvalue weighted by Gasteiger charge is -2.28. The number of carbonyl (C=O) groups excluding carboxylic acids is 1. The molecule has 0 spiro atoms. The minimum Gasteiger partial charge on any atom is -0.305 e. The number of fused-ring (bicyclic) bond motifs is 2. The molecule has 6 nitrogen and oxygen atoms in total. The van der Waals surface area contributed by atoms with E-state index in [9.17, 15) is 4.79 Å². The highest BCUT2D eigenvalue weighted by atomic mass is 16.2. The Kier molecular flexibility index (Phi) is 3.33. The summed E-state index contributed by atoms with van der Waals surface area (Å²) in [5.74, 6) is 0.504. The lowest BCUT2D eigenvalue weighted by Crippen LogP contribution is -2.36. The zero-order chi connectivity index (χ0) is 16.8. The van der Waals surface area contributed by atoms with Gasteiger partial charge in [0.05, 0.1) is 0 Å². The van der Waals surface area contributed by atoms with Crippen molar-refractivity contribution >= 4 is 17.4 Å². The number of benzene rings is 1. The molecular weight excluding hydrogens is 302 g/mol. The quantitative estimate of drug-likeness (QED) is 0.691. The summed E-state index contributed by atoms with van der Waals surface area (Å²) < 4.78 is 1.63. The van der Waals surface area contributed by atoms with E-state index in [1.54, 1.807) is 9.42 Å². The maximum absolute atomic E-state index is 13.0. The smallest absolute Gasteiger partial charge is 0.298 e. The van der Waals surface area contributed by atoms with E-state index in [1.807, 2.05) is 32.0 Å². The van der Waals surface area contributed by atoms with Crippen molar-refractivity contribution in [3.05, 3.63) is 52.6 Å². The number of nitrogens with zero attached hydrogens (tertiary/aromatic N) is 5. The predicted molar refractivity (Wildman–Crippen MR) is 91.4 cm³/mol. The second-order valence-electron chi connectivity index (χ2n) is 6.38. The number of hydrogen-bond donors (Lipinski definition) is 0. The summed E-state index contributed by atoms with van der Waals surface area (Å²) in [6.07, 6.45) is 1.95. The van der Waals surface area contributed by atoms with Gasteiger partial charge in [-0.1, -0.05) is 17.7 Å². The molecule has 0 bridgehead atoms. The molecule has 0 aliphatic carbocycles. The topological polar surface area (TPSA) is 63.4 Å². The largest absolute Gasteiger partial charge is 0.305 e. The van der Waals surface area contributed by atoms with Crippen molar-refractivity contribution in [1.82, 2.24) is 19.6 Å². The number of rotatable bonds is 1. The highest BCUT2D eigenvalue weighted by Gasteiger charge is 2.27. The van der Waals surface area contributed by atoms with Crippen LogP contribution in [0.1, 0.15) is 39.6 Å². The van der Waals surface area contributed by atoms with Crippen molar-refractivity contribution in [3.63, 3.8) is 0 Å². The van der Waals surface area contributed by atoms with E-state index in [2.05, 4.69) is 28.1 Å². The van der Waals surface area contributed by atoms with Gasteiger partial charge in [-0.25, -0.2) is 9.50 Å². The first-order chi connectivity index (χ1) is 11.5. The zero-order valence-electron chi connectivity index (χ0n) is 14.1. The van der Waals surface area contributed by atoms with Crippen molar-refractivity contribution in [3.8, 4) is 0 Å². The number of aromatic nitrogens is 4. The van der Waals surface area contributed by atoms with Crippen LogP contribution in [0.25, 0.3) is 5.78 Å². The first-order valence-electron chi connectivity index (χ1n) is 8.15. The van der Waals surface area contributed by atoms with Crippen molar-refractivity contribution in [2.45, 2.75) is 33.6 Å². The van der Waals surface area contributed by atoms with Crippen LogP contribution in [0.3, 0.4) is 0 Å². The molecule has 0 radical (unpaired) electrons. The third-order valence-electron chi connectivity index (χ3n) is 4.41. The van der Waals surface area contributed by atoms with Gasteiger partial charge >= 0.3 is 0 Å². The highest BCUT2D eigenvalue weighted by molar-refractivity contribution is 6.04. The Bertz CT molecular complexity index is 959. The molecule has 0 unspecified atom stereocenters. The molecule has 0 fully saturated rings. The highest BCUT2D eigenvalue weighted by Crippen LogP contribution is 2.28. The fourth-order valence-electron chi connectivity index (χ4n) is 3.31. The van der Waals surface area contributed by atoms with Gasteiger partial charge in [0.1, 0.15) is 0 Å². The molecule has 0 atom stereocenters. The first-order valence-corrected chi connectivity index (χ1v) is 8.15. The van der Waals surface area contributed by atoms with Crippen molar-refractivity contribution in [1.29, 1.82) is 0 Å². The molecule has 0 saturated heterocycles. The van der Waals surface area contributed by atoms with Crippen molar-refractivity contribution in [2.75, 3.05) is 11.4 Å². The average molecular weight is 321 g/mol. The number of aryl methyl sites for hydroxylation is 4. The van der Waals surface area contributed by atoms with Crippen molar-refractivity contribution in [2.24, 2.45) is 0 Å². The molecule has 6 heteroatoms. The van der Waals surface area contributed by atoms with Crippen LogP contribution >= 0.6 is 0 Å². The van der Waals surface area contributed by atoms with Crippen LogP contribution in [0, 0.1) is 20.8 Å². The lowest BCUT2D eigenvalue weighted by atomic mass is 9.99. The van der Waals surface area contributed by atoms with Crippen LogP contribution in [-0.2, 0) is 6.42 Å². The summed E-state index contributed by atoms with van der Waals surface area (Å²) >= 11 is 0. The van der Waals surface area contributed by atoms with E-state index in [4.69, 9.17) is 0 Å². The van der Waals surface area contributed by atoms with Crippen LogP contribution in [0.15, 0.2) is 24.3 Å². The van der Waals surface area contributed by atoms with Gasteiger partial charge in [0, 0.05) is 23.6 Å². The summed E-state index contributed by atoms with van der Waals surface area (Å²) in [4.78, 5) is 23.5. The maximum Gasteiger partial charge on any atom is 0.298 e. The minimum absolute atomic E-state index is 0.164. The summed E-state index contributed by atoms with van der Waals surface area (Å²) in [5.41, 5.74) is 5.17. The molecule has 4 rings (SSSR count). The monoisotopic (exact) mass is 321 g/mol. The van der Waals surface area contributed by atoms with E-state index in [0.29, 0.717) is 12.3 Å². The second kappa shape index (κ2) is 5.40. The third kappa shape index (κ3) is 2.35. The maximum atomic E-state index is 13.0. The van der Waals surface area contributed by atoms with Gasteiger partial charge in [0.15, 0.2) is 0 Å². The minimum atomic E-state index is -0.164. The molecule has 1 aliphatic heterocycles. The van der Waals surface area contributed by atoms with E-state index in [0.717, 1.165) is 29.9 Å². The third-order valence-corrected chi connectivity index (χ3v) is 4.41. The van der Waals surface area contributed by atoms with Gasteiger partial charge in [-0.3, -0.25) is 4.79 Å². The van der Waals surface area contributed by atoms with Gasteiger partial charge in [-0.15, -0.1) is 5.10 Å². The average Bonchev–Trinajstić information content (AvgIpc) is 2.97. The predicted octanol–water partition coefficient (Wildman–Crippen LogP) is 2.64. The summed E-state index contributed by atoms with van der Waals surface area (Å²) in [7, 11) is 0. The van der Waals surface area contributed by atoms with E-state index in [-0.39, 0.29) is 11.7 Å². The molecule has 1 aromatic carbocycles. The normalized spacial score (nSPS) is 14.0. The number of amides is 1. The van der Waals surface area contributed by atoms with E-state index in [1.165, 1.54) is 11.1 Å². The summed E-state index contributed by atoms with van der Waals surface area (Å²) in [5, 5.41) is 4.37. The fraction of sp³-hybridized carbons (Fsp3) is 0.333. The molecule has 0 N–H and O–H groups in total. The molecule has 2 aromatic heterocycles. The van der Waals surface area contributed by atoms with Crippen LogP contribution in [-0.4, -0.2) is 32.0 Å². The van der Waals surface area contributed by atoms with Crippen molar-refractivity contribution < 1.29 is 4.79 Å². The molecule has 122 valence electrons. The van der Waals surface area contributed by atoms with Gasteiger partial charge in [-0.05, 0) is 51.3 Å². The molecule has 0 saturated carbocycles.